The number of thioether (sulfide) groups is 1. The van der Waals surface area contributed by atoms with Gasteiger partial charge in [-0.3, -0.25) is 0 Å². The summed E-state index contributed by atoms with van der Waals surface area (Å²) in [5.74, 6) is 1.53. The van der Waals surface area contributed by atoms with Gasteiger partial charge in [-0.25, -0.2) is 0 Å². The third-order valence-electron chi connectivity index (χ3n) is 1.72. The van der Waals surface area contributed by atoms with Gasteiger partial charge >= 0.3 is 0 Å². The number of nitrogen functional groups attached to an aromatic ring is 1. The summed E-state index contributed by atoms with van der Waals surface area (Å²) < 4.78 is 10.4. The maximum atomic E-state index is 5.75. The lowest BCUT2D eigenvalue weighted by atomic mass is 10.3. The molecule has 0 aliphatic carbocycles. The highest BCUT2D eigenvalue weighted by molar-refractivity contribution is 7.98. The number of nitrogens with two attached hydrogens (primary N) is 1. The van der Waals surface area contributed by atoms with Crippen LogP contribution in [-0.2, 0) is 0 Å². The molecule has 1 aliphatic rings. The van der Waals surface area contributed by atoms with E-state index in [0.29, 0.717) is 6.79 Å². The Balaban J connectivity index is 2.49. The van der Waals surface area contributed by atoms with Crippen molar-refractivity contribution in [3.63, 3.8) is 0 Å². The molecule has 0 saturated carbocycles. The van der Waals surface area contributed by atoms with Crippen LogP contribution in [0, 0.1) is 0 Å². The van der Waals surface area contributed by atoms with Crippen LogP contribution in [0.15, 0.2) is 17.0 Å². The Morgan fingerprint density at radius 2 is 2.00 bits per heavy atom. The van der Waals surface area contributed by atoms with Gasteiger partial charge in [0.1, 0.15) is 0 Å². The summed E-state index contributed by atoms with van der Waals surface area (Å²) in [6.45, 7) is 0.298. The Bertz CT molecular complexity index is 313. The topological polar surface area (TPSA) is 44.5 Å². The number of fused-ring (bicyclic) bond motifs is 1. The van der Waals surface area contributed by atoms with Gasteiger partial charge in [-0.15, -0.1) is 11.8 Å². The number of rotatable bonds is 1. The van der Waals surface area contributed by atoms with Crippen molar-refractivity contribution in [1.82, 2.24) is 0 Å². The molecule has 3 nitrogen and oxygen atoms in total. The van der Waals surface area contributed by atoms with Crippen LogP contribution in [0.2, 0.25) is 0 Å². The first-order valence-corrected chi connectivity index (χ1v) is 4.77. The number of hydrogen-bond acceptors (Lipinski definition) is 4. The van der Waals surface area contributed by atoms with Crippen LogP contribution >= 0.6 is 11.8 Å². The number of benzene rings is 1. The van der Waals surface area contributed by atoms with E-state index in [-0.39, 0.29) is 0 Å². The molecule has 64 valence electrons. The van der Waals surface area contributed by atoms with Crippen LogP contribution in [0.4, 0.5) is 5.69 Å². The van der Waals surface area contributed by atoms with E-state index in [1.807, 2.05) is 12.3 Å². The van der Waals surface area contributed by atoms with E-state index in [2.05, 4.69) is 0 Å². The van der Waals surface area contributed by atoms with E-state index in [4.69, 9.17) is 15.2 Å². The highest BCUT2D eigenvalue weighted by atomic mass is 32.2. The maximum absolute atomic E-state index is 5.75. The van der Waals surface area contributed by atoms with Gasteiger partial charge in [0.15, 0.2) is 11.5 Å². The lowest BCUT2D eigenvalue weighted by molar-refractivity contribution is 0.174. The van der Waals surface area contributed by atoms with Crippen molar-refractivity contribution in [1.29, 1.82) is 0 Å². The van der Waals surface area contributed by atoms with E-state index >= 15 is 0 Å². The minimum Gasteiger partial charge on any atom is -0.454 e. The first-order chi connectivity index (χ1) is 5.81. The smallest absolute Gasteiger partial charge is 0.231 e. The summed E-state index contributed by atoms with van der Waals surface area (Å²) >= 11 is 1.60. The van der Waals surface area contributed by atoms with Crippen molar-refractivity contribution in [2.75, 3.05) is 18.8 Å². The first-order valence-electron chi connectivity index (χ1n) is 3.54. The van der Waals surface area contributed by atoms with Crippen LogP contribution in [0.25, 0.3) is 0 Å². The highest BCUT2D eigenvalue weighted by Crippen LogP contribution is 2.38. The van der Waals surface area contributed by atoms with Gasteiger partial charge in [0.25, 0.3) is 0 Å². The van der Waals surface area contributed by atoms with E-state index < -0.39 is 0 Å². The fourth-order valence-electron chi connectivity index (χ4n) is 1.12. The molecule has 1 aromatic carbocycles. The van der Waals surface area contributed by atoms with E-state index in [0.717, 1.165) is 22.1 Å². The Hall–Kier alpha value is -1.03. The average Bonchev–Trinajstić information content (AvgIpc) is 2.49. The molecule has 0 aromatic heterocycles. The molecule has 0 amide bonds. The zero-order chi connectivity index (χ0) is 8.55. The zero-order valence-corrected chi connectivity index (χ0v) is 7.48. The number of anilines is 1. The van der Waals surface area contributed by atoms with Gasteiger partial charge in [-0.1, -0.05) is 0 Å². The summed E-state index contributed by atoms with van der Waals surface area (Å²) in [5.41, 5.74) is 6.49. The fourth-order valence-corrected chi connectivity index (χ4v) is 1.64. The molecule has 12 heavy (non-hydrogen) atoms. The lowest BCUT2D eigenvalue weighted by Gasteiger charge is -2.03. The van der Waals surface area contributed by atoms with Crippen molar-refractivity contribution in [3.05, 3.63) is 12.1 Å². The van der Waals surface area contributed by atoms with Gasteiger partial charge in [0, 0.05) is 16.6 Å². The predicted molar refractivity (Wildman–Crippen MR) is 48.8 cm³/mol. The predicted octanol–water partition coefficient (Wildman–Crippen LogP) is 1.72. The lowest BCUT2D eigenvalue weighted by Crippen LogP contribution is -1.92. The minimum atomic E-state index is 0.298. The monoisotopic (exact) mass is 183 g/mol. The number of ether oxygens (including phenoxy) is 2. The summed E-state index contributed by atoms with van der Waals surface area (Å²) in [6.07, 6.45) is 1.98. The molecule has 0 unspecified atom stereocenters. The van der Waals surface area contributed by atoms with Gasteiger partial charge in [0.2, 0.25) is 6.79 Å². The van der Waals surface area contributed by atoms with Crippen LogP contribution in [0.3, 0.4) is 0 Å². The van der Waals surface area contributed by atoms with E-state index in [9.17, 15) is 0 Å². The molecule has 2 rings (SSSR count). The average molecular weight is 183 g/mol. The second-order valence-corrected chi connectivity index (χ2v) is 3.30. The van der Waals surface area contributed by atoms with Crippen molar-refractivity contribution in [3.8, 4) is 11.5 Å². The molecule has 1 aliphatic heterocycles. The highest BCUT2D eigenvalue weighted by Gasteiger charge is 2.15. The molecular weight excluding hydrogens is 174 g/mol. The van der Waals surface area contributed by atoms with Gasteiger partial charge < -0.3 is 15.2 Å². The summed E-state index contributed by atoms with van der Waals surface area (Å²) in [4.78, 5) is 1.03. The van der Waals surface area contributed by atoms with Crippen LogP contribution in [0.5, 0.6) is 11.5 Å². The van der Waals surface area contributed by atoms with Crippen molar-refractivity contribution >= 4 is 17.4 Å². The van der Waals surface area contributed by atoms with Gasteiger partial charge in [0.05, 0.1) is 0 Å². The largest absolute Gasteiger partial charge is 0.454 e. The molecule has 1 aromatic rings. The molecule has 0 atom stereocenters. The van der Waals surface area contributed by atoms with Crippen LogP contribution < -0.4 is 15.2 Å². The molecular formula is C8H9NO2S. The molecule has 2 N–H and O–H groups in total. The van der Waals surface area contributed by atoms with E-state index in [1.54, 1.807) is 17.8 Å². The van der Waals surface area contributed by atoms with E-state index in [1.165, 1.54) is 0 Å². The summed E-state index contributed by atoms with van der Waals surface area (Å²) in [5, 5.41) is 0. The van der Waals surface area contributed by atoms with Crippen molar-refractivity contribution < 1.29 is 9.47 Å². The molecule has 1 heterocycles. The Morgan fingerprint density at radius 3 is 2.67 bits per heavy atom. The molecule has 0 bridgehead atoms. The van der Waals surface area contributed by atoms with Crippen LogP contribution in [-0.4, -0.2) is 13.0 Å². The summed E-state index contributed by atoms with van der Waals surface area (Å²) in [6, 6.07) is 3.70. The Labute approximate surface area is 74.8 Å². The molecule has 0 radical (unpaired) electrons. The molecule has 0 fully saturated rings. The van der Waals surface area contributed by atoms with Gasteiger partial charge in [-0.05, 0) is 12.3 Å². The fraction of sp³-hybridized carbons (Fsp3) is 0.250. The SMILES string of the molecule is CSc1cc2c(cc1N)OCO2. The molecule has 4 heteroatoms. The number of hydrogen-bond donors (Lipinski definition) is 1. The third-order valence-corrected chi connectivity index (χ3v) is 2.52. The van der Waals surface area contributed by atoms with Crippen molar-refractivity contribution in [2.24, 2.45) is 0 Å². The van der Waals surface area contributed by atoms with Crippen molar-refractivity contribution in [2.45, 2.75) is 4.90 Å². The quantitative estimate of drug-likeness (QED) is 0.532. The minimum absolute atomic E-state index is 0.298. The standard InChI is InChI=1S/C8H9NO2S/c1-12-8-3-7-6(2-5(8)9)10-4-11-7/h2-3H,4,9H2,1H3. The molecule has 0 spiro atoms. The second kappa shape index (κ2) is 2.79. The maximum Gasteiger partial charge on any atom is 0.231 e. The second-order valence-electron chi connectivity index (χ2n) is 2.45. The Kier molecular flexibility index (Phi) is 1.77. The first kappa shape index (κ1) is 7.61. The van der Waals surface area contributed by atoms with Gasteiger partial charge in [-0.2, -0.15) is 0 Å². The third kappa shape index (κ3) is 1.08. The zero-order valence-electron chi connectivity index (χ0n) is 6.66. The molecule has 0 saturated heterocycles. The normalized spacial score (nSPS) is 13.4. The Morgan fingerprint density at radius 1 is 1.33 bits per heavy atom. The summed E-state index contributed by atoms with van der Waals surface area (Å²) in [7, 11) is 0. The van der Waals surface area contributed by atoms with Crippen LogP contribution in [0.1, 0.15) is 0 Å².